The molecule has 0 spiro atoms. The van der Waals surface area contributed by atoms with Gasteiger partial charge >= 0.3 is 0 Å². The summed E-state index contributed by atoms with van der Waals surface area (Å²) in [6.07, 6.45) is 6.93. The highest BCUT2D eigenvalue weighted by Gasteiger charge is 2.15. The first-order chi connectivity index (χ1) is 5.79. The van der Waals surface area contributed by atoms with E-state index in [0.29, 0.717) is 12.3 Å². The fraction of sp³-hybridized carbons (Fsp3) is 0.900. The lowest BCUT2D eigenvalue weighted by molar-refractivity contribution is -0.112. The molecule has 0 aromatic carbocycles. The molecule has 1 aliphatic rings. The Morgan fingerprint density at radius 2 is 1.75 bits per heavy atom. The Kier molecular flexibility index (Phi) is 7.58. The molecule has 2 heteroatoms. The second-order valence-electron chi connectivity index (χ2n) is 3.06. The van der Waals surface area contributed by atoms with Gasteiger partial charge in [-0.1, -0.05) is 33.1 Å². The van der Waals surface area contributed by atoms with Crippen LogP contribution < -0.4 is 0 Å². The molecular formula is C10H19ClO. The van der Waals surface area contributed by atoms with Crippen molar-refractivity contribution in [3.05, 3.63) is 0 Å². The van der Waals surface area contributed by atoms with Crippen LogP contribution in [0.4, 0.5) is 0 Å². The highest BCUT2D eigenvalue weighted by molar-refractivity contribution is 6.63. The number of carbonyl (C=O) groups excluding carboxylic acids is 1. The average molecular weight is 191 g/mol. The lowest BCUT2D eigenvalue weighted by Gasteiger charge is -2.19. The van der Waals surface area contributed by atoms with E-state index in [2.05, 4.69) is 0 Å². The van der Waals surface area contributed by atoms with Gasteiger partial charge in [0.05, 0.1) is 0 Å². The third-order valence-electron chi connectivity index (χ3n) is 2.17. The normalized spacial score (nSPS) is 17.9. The maximum Gasteiger partial charge on any atom is 0.221 e. The smallest absolute Gasteiger partial charge is 0.221 e. The zero-order chi connectivity index (χ0) is 9.40. The van der Waals surface area contributed by atoms with Crippen molar-refractivity contribution >= 4 is 16.8 Å². The fourth-order valence-electron chi connectivity index (χ4n) is 1.62. The molecule has 72 valence electrons. The van der Waals surface area contributed by atoms with Gasteiger partial charge in [-0.3, -0.25) is 4.79 Å². The molecule has 1 aliphatic carbocycles. The Labute approximate surface area is 80.5 Å². The molecule has 12 heavy (non-hydrogen) atoms. The van der Waals surface area contributed by atoms with E-state index in [0.717, 1.165) is 0 Å². The number of hydrogen-bond acceptors (Lipinski definition) is 1. The van der Waals surface area contributed by atoms with Crippen LogP contribution in [0, 0.1) is 5.92 Å². The first-order valence-corrected chi connectivity index (χ1v) is 5.35. The van der Waals surface area contributed by atoms with Crippen LogP contribution in [-0.4, -0.2) is 5.24 Å². The van der Waals surface area contributed by atoms with E-state index in [1.807, 2.05) is 13.8 Å². The summed E-state index contributed by atoms with van der Waals surface area (Å²) in [5, 5.41) is -0.160. The standard InChI is InChI=1S/C8H13ClO.C2H6/c9-8(10)6-7-4-2-1-3-5-7;1-2/h7H,1-6H2;1-2H3. The molecule has 0 aromatic rings. The SMILES string of the molecule is CC.O=C(Cl)CC1CCCCC1. The topological polar surface area (TPSA) is 17.1 Å². The lowest BCUT2D eigenvalue weighted by Crippen LogP contribution is -2.08. The van der Waals surface area contributed by atoms with E-state index in [4.69, 9.17) is 11.6 Å². The molecule has 0 radical (unpaired) electrons. The minimum absolute atomic E-state index is 0.160. The molecule has 1 rings (SSSR count). The first-order valence-electron chi connectivity index (χ1n) is 4.97. The van der Waals surface area contributed by atoms with E-state index < -0.39 is 0 Å². The van der Waals surface area contributed by atoms with Crippen molar-refractivity contribution in [3.63, 3.8) is 0 Å². The summed E-state index contributed by atoms with van der Waals surface area (Å²) >= 11 is 5.27. The van der Waals surface area contributed by atoms with Crippen molar-refractivity contribution < 1.29 is 4.79 Å². The maximum atomic E-state index is 10.5. The zero-order valence-corrected chi connectivity index (χ0v) is 8.86. The Hall–Kier alpha value is -0.0400. The third kappa shape index (κ3) is 5.59. The van der Waals surface area contributed by atoms with Gasteiger partial charge in [-0.15, -0.1) is 0 Å². The minimum Gasteiger partial charge on any atom is -0.281 e. The van der Waals surface area contributed by atoms with Gasteiger partial charge < -0.3 is 0 Å². The van der Waals surface area contributed by atoms with E-state index in [9.17, 15) is 4.79 Å². The highest BCUT2D eigenvalue weighted by atomic mass is 35.5. The molecule has 0 bridgehead atoms. The molecule has 0 amide bonds. The van der Waals surface area contributed by atoms with Gasteiger partial charge in [0.25, 0.3) is 0 Å². The van der Waals surface area contributed by atoms with E-state index in [1.165, 1.54) is 32.1 Å². The summed E-state index contributed by atoms with van der Waals surface area (Å²) < 4.78 is 0. The Balaban J connectivity index is 0.000000561. The van der Waals surface area contributed by atoms with Gasteiger partial charge in [-0.2, -0.15) is 0 Å². The molecule has 0 saturated heterocycles. The molecule has 0 unspecified atom stereocenters. The van der Waals surface area contributed by atoms with Crippen LogP contribution in [0.3, 0.4) is 0 Å². The predicted molar refractivity (Wildman–Crippen MR) is 53.4 cm³/mol. The summed E-state index contributed by atoms with van der Waals surface area (Å²) in [5.74, 6) is 0.596. The molecule has 1 nitrogen and oxygen atoms in total. The number of halogens is 1. The van der Waals surface area contributed by atoms with Crippen LogP contribution in [0.1, 0.15) is 52.4 Å². The van der Waals surface area contributed by atoms with Gasteiger partial charge in [0, 0.05) is 6.42 Å². The van der Waals surface area contributed by atoms with Gasteiger partial charge in [-0.05, 0) is 30.4 Å². The van der Waals surface area contributed by atoms with Crippen LogP contribution >= 0.6 is 11.6 Å². The lowest BCUT2D eigenvalue weighted by atomic mass is 9.87. The van der Waals surface area contributed by atoms with Crippen molar-refractivity contribution in [2.75, 3.05) is 0 Å². The minimum atomic E-state index is -0.160. The number of rotatable bonds is 2. The summed E-state index contributed by atoms with van der Waals surface area (Å²) in [4.78, 5) is 10.5. The number of carbonyl (C=O) groups is 1. The molecule has 0 aromatic heterocycles. The monoisotopic (exact) mass is 190 g/mol. The van der Waals surface area contributed by atoms with Crippen molar-refractivity contribution in [1.29, 1.82) is 0 Å². The van der Waals surface area contributed by atoms with Crippen molar-refractivity contribution in [2.24, 2.45) is 5.92 Å². The maximum absolute atomic E-state index is 10.5. The van der Waals surface area contributed by atoms with Crippen molar-refractivity contribution in [1.82, 2.24) is 0 Å². The van der Waals surface area contributed by atoms with Crippen LogP contribution in [0.5, 0.6) is 0 Å². The third-order valence-corrected chi connectivity index (χ3v) is 2.33. The fourth-order valence-corrected chi connectivity index (χ4v) is 1.84. The molecule has 0 aliphatic heterocycles. The second kappa shape index (κ2) is 7.60. The number of hydrogen-bond donors (Lipinski definition) is 0. The Morgan fingerprint density at radius 1 is 1.25 bits per heavy atom. The van der Waals surface area contributed by atoms with Gasteiger partial charge in [0.1, 0.15) is 0 Å². The van der Waals surface area contributed by atoms with Crippen molar-refractivity contribution in [3.8, 4) is 0 Å². The summed E-state index contributed by atoms with van der Waals surface area (Å²) in [6, 6.07) is 0. The van der Waals surface area contributed by atoms with Gasteiger partial charge in [0.2, 0.25) is 5.24 Å². The second-order valence-corrected chi connectivity index (χ2v) is 3.48. The van der Waals surface area contributed by atoms with Crippen LogP contribution in [0.25, 0.3) is 0 Å². The van der Waals surface area contributed by atoms with Crippen LogP contribution in [0.15, 0.2) is 0 Å². The van der Waals surface area contributed by atoms with E-state index in [-0.39, 0.29) is 5.24 Å². The Morgan fingerprint density at radius 3 is 2.17 bits per heavy atom. The summed E-state index contributed by atoms with van der Waals surface area (Å²) in [6.45, 7) is 4.00. The largest absolute Gasteiger partial charge is 0.281 e. The van der Waals surface area contributed by atoms with Crippen molar-refractivity contribution in [2.45, 2.75) is 52.4 Å². The molecule has 0 atom stereocenters. The average Bonchev–Trinajstić information content (AvgIpc) is 2.08. The molecular weight excluding hydrogens is 172 g/mol. The summed E-state index contributed by atoms with van der Waals surface area (Å²) in [7, 11) is 0. The van der Waals surface area contributed by atoms with Crippen LogP contribution in [0.2, 0.25) is 0 Å². The molecule has 0 heterocycles. The summed E-state index contributed by atoms with van der Waals surface area (Å²) in [5.41, 5.74) is 0. The predicted octanol–water partition coefficient (Wildman–Crippen LogP) is 3.75. The quantitative estimate of drug-likeness (QED) is 0.607. The first kappa shape index (κ1) is 12.0. The Bertz CT molecular complexity index is 117. The highest BCUT2D eigenvalue weighted by Crippen LogP contribution is 2.26. The van der Waals surface area contributed by atoms with Gasteiger partial charge in [-0.25, -0.2) is 0 Å². The van der Waals surface area contributed by atoms with E-state index in [1.54, 1.807) is 0 Å². The van der Waals surface area contributed by atoms with Gasteiger partial charge in [0.15, 0.2) is 0 Å². The molecule has 1 fully saturated rings. The zero-order valence-electron chi connectivity index (χ0n) is 8.11. The van der Waals surface area contributed by atoms with E-state index >= 15 is 0 Å². The van der Waals surface area contributed by atoms with Crippen LogP contribution in [-0.2, 0) is 4.79 Å². The molecule has 1 saturated carbocycles. The molecule has 0 N–H and O–H groups in total.